The molecule has 0 bridgehead atoms. The Balaban J connectivity index is 2.55. The molecule has 2 unspecified atom stereocenters. The zero-order valence-corrected chi connectivity index (χ0v) is 13.2. The first-order chi connectivity index (χ1) is 9.21. The Morgan fingerprint density at radius 2 is 1.63 bits per heavy atom. The highest BCUT2D eigenvalue weighted by molar-refractivity contribution is 5.24. The lowest BCUT2D eigenvalue weighted by atomic mass is 10.0. The smallest absolute Gasteiger partial charge is 0.0294 e. The molecule has 0 aliphatic heterocycles. The molecular weight excluding hydrogens is 230 g/mol. The van der Waals surface area contributed by atoms with E-state index in [1.54, 1.807) is 0 Å². The van der Waals surface area contributed by atoms with Crippen LogP contribution in [0.1, 0.15) is 77.0 Å². The van der Waals surface area contributed by atoms with Crippen LogP contribution in [0.25, 0.3) is 0 Å². The first kappa shape index (κ1) is 16.2. The van der Waals surface area contributed by atoms with Gasteiger partial charge in [-0.1, -0.05) is 64.3 Å². The quantitative estimate of drug-likeness (QED) is 0.639. The van der Waals surface area contributed by atoms with E-state index in [0.29, 0.717) is 12.1 Å². The number of hydrogen-bond acceptors (Lipinski definition) is 1. The molecule has 2 atom stereocenters. The first-order valence-corrected chi connectivity index (χ1v) is 8.06. The van der Waals surface area contributed by atoms with Crippen molar-refractivity contribution in [1.29, 1.82) is 0 Å². The van der Waals surface area contributed by atoms with Gasteiger partial charge in [0.15, 0.2) is 0 Å². The Morgan fingerprint density at radius 1 is 0.947 bits per heavy atom. The largest absolute Gasteiger partial charge is 0.307 e. The fourth-order valence-corrected chi connectivity index (χ4v) is 2.60. The molecule has 1 rings (SSSR count). The molecule has 0 aromatic heterocycles. The van der Waals surface area contributed by atoms with Crippen LogP contribution in [-0.4, -0.2) is 6.04 Å². The molecule has 1 aromatic carbocycles. The molecule has 0 saturated carbocycles. The number of rotatable bonds is 9. The van der Waals surface area contributed by atoms with Crippen LogP contribution in [0.3, 0.4) is 0 Å². The molecule has 0 saturated heterocycles. The summed E-state index contributed by atoms with van der Waals surface area (Å²) in [4.78, 5) is 0. The average Bonchev–Trinajstić information content (AvgIpc) is 2.45. The van der Waals surface area contributed by atoms with E-state index in [0.717, 1.165) is 6.42 Å². The van der Waals surface area contributed by atoms with Crippen molar-refractivity contribution in [3.8, 4) is 0 Å². The van der Waals surface area contributed by atoms with Gasteiger partial charge in [0.1, 0.15) is 0 Å². The van der Waals surface area contributed by atoms with E-state index >= 15 is 0 Å². The standard InChI is InChI=1S/C18H31N/c1-5-8-10-18(9-6-2)19-15(4)17-13-11-16(7-3)12-14-17/h11-15,18-19H,5-10H2,1-4H3. The maximum absolute atomic E-state index is 3.81. The number of hydrogen-bond donors (Lipinski definition) is 1. The second kappa shape index (κ2) is 9.14. The van der Waals surface area contributed by atoms with Crippen LogP contribution in [-0.2, 0) is 6.42 Å². The summed E-state index contributed by atoms with van der Waals surface area (Å²) in [6.07, 6.45) is 7.61. The summed E-state index contributed by atoms with van der Waals surface area (Å²) in [5, 5.41) is 3.81. The lowest BCUT2D eigenvalue weighted by Gasteiger charge is -2.23. The van der Waals surface area contributed by atoms with E-state index in [1.165, 1.54) is 43.2 Å². The fourth-order valence-electron chi connectivity index (χ4n) is 2.60. The molecule has 0 aliphatic carbocycles. The van der Waals surface area contributed by atoms with Crippen molar-refractivity contribution in [3.05, 3.63) is 35.4 Å². The van der Waals surface area contributed by atoms with Crippen molar-refractivity contribution in [1.82, 2.24) is 5.32 Å². The van der Waals surface area contributed by atoms with Gasteiger partial charge >= 0.3 is 0 Å². The normalized spacial score (nSPS) is 14.3. The third kappa shape index (κ3) is 5.78. The summed E-state index contributed by atoms with van der Waals surface area (Å²) in [5.41, 5.74) is 2.84. The van der Waals surface area contributed by atoms with Crippen LogP contribution in [0, 0.1) is 0 Å². The zero-order chi connectivity index (χ0) is 14.1. The molecule has 1 N–H and O–H groups in total. The van der Waals surface area contributed by atoms with Crippen LogP contribution in [0.15, 0.2) is 24.3 Å². The van der Waals surface area contributed by atoms with Gasteiger partial charge in [-0.15, -0.1) is 0 Å². The first-order valence-electron chi connectivity index (χ1n) is 8.06. The van der Waals surface area contributed by atoms with Gasteiger partial charge in [0, 0.05) is 12.1 Å². The molecule has 0 amide bonds. The van der Waals surface area contributed by atoms with Gasteiger partial charge in [0.05, 0.1) is 0 Å². The summed E-state index contributed by atoms with van der Waals surface area (Å²) in [7, 11) is 0. The van der Waals surface area contributed by atoms with Crippen LogP contribution in [0.2, 0.25) is 0 Å². The Hall–Kier alpha value is -0.820. The van der Waals surface area contributed by atoms with Crippen molar-refractivity contribution < 1.29 is 0 Å². The number of benzene rings is 1. The third-order valence-corrected chi connectivity index (χ3v) is 3.92. The number of unbranched alkanes of at least 4 members (excludes halogenated alkanes) is 1. The van der Waals surface area contributed by atoms with Crippen LogP contribution in [0.5, 0.6) is 0 Å². The third-order valence-electron chi connectivity index (χ3n) is 3.92. The SMILES string of the molecule is CCCCC(CCC)NC(C)c1ccc(CC)cc1. The van der Waals surface area contributed by atoms with E-state index in [4.69, 9.17) is 0 Å². The Kier molecular flexibility index (Phi) is 7.81. The summed E-state index contributed by atoms with van der Waals surface area (Å²) >= 11 is 0. The van der Waals surface area contributed by atoms with E-state index in [2.05, 4.69) is 57.3 Å². The minimum Gasteiger partial charge on any atom is -0.307 e. The second-order valence-corrected chi connectivity index (χ2v) is 5.61. The van der Waals surface area contributed by atoms with Crippen molar-refractivity contribution in [2.75, 3.05) is 0 Å². The highest BCUT2D eigenvalue weighted by Gasteiger charge is 2.12. The molecule has 0 radical (unpaired) electrons. The van der Waals surface area contributed by atoms with Gasteiger partial charge in [-0.2, -0.15) is 0 Å². The summed E-state index contributed by atoms with van der Waals surface area (Å²) in [5.74, 6) is 0. The maximum Gasteiger partial charge on any atom is 0.0294 e. The monoisotopic (exact) mass is 261 g/mol. The Bertz CT molecular complexity index is 328. The lowest BCUT2D eigenvalue weighted by Crippen LogP contribution is -2.31. The van der Waals surface area contributed by atoms with Gasteiger partial charge in [-0.25, -0.2) is 0 Å². The van der Waals surface area contributed by atoms with Crippen molar-refractivity contribution in [3.63, 3.8) is 0 Å². The fraction of sp³-hybridized carbons (Fsp3) is 0.667. The molecule has 1 heteroatoms. The Morgan fingerprint density at radius 3 is 2.16 bits per heavy atom. The zero-order valence-electron chi connectivity index (χ0n) is 13.2. The molecular formula is C18H31N. The van der Waals surface area contributed by atoms with Crippen molar-refractivity contribution >= 4 is 0 Å². The minimum absolute atomic E-state index is 0.458. The maximum atomic E-state index is 3.81. The van der Waals surface area contributed by atoms with Gasteiger partial charge in [0.2, 0.25) is 0 Å². The second-order valence-electron chi connectivity index (χ2n) is 5.61. The summed E-state index contributed by atoms with van der Waals surface area (Å²) < 4.78 is 0. The number of aryl methyl sites for hydroxylation is 1. The minimum atomic E-state index is 0.458. The predicted molar refractivity (Wildman–Crippen MR) is 85.6 cm³/mol. The number of nitrogens with one attached hydrogen (secondary N) is 1. The Labute approximate surface area is 119 Å². The topological polar surface area (TPSA) is 12.0 Å². The molecule has 0 heterocycles. The molecule has 1 nitrogen and oxygen atoms in total. The van der Waals surface area contributed by atoms with Crippen LogP contribution >= 0.6 is 0 Å². The van der Waals surface area contributed by atoms with E-state index in [1.807, 2.05) is 0 Å². The highest BCUT2D eigenvalue weighted by atomic mass is 14.9. The molecule has 1 aromatic rings. The van der Waals surface area contributed by atoms with E-state index in [-0.39, 0.29) is 0 Å². The lowest BCUT2D eigenvalue weighted by molar-refractivity contribution is 0.396. The molecule has 0 fully saturated rings. The molecule has 0 spiro atoms. The molecule has 108 valence electrons. The van der Waals surface area contributed by atoms with Gasteiger partial charge in [-0.05, 0) is 37.3 Å². The predicted octanol–water partition coefficient (Wildman–Crippen LogP) is 5.26. The molecule has 0 aliphatic rings. The highest BCUT2D eigenvalue weighted by Crippen LogP contribution is 2.17. The van der Waals surface area contributed by atoms with Gasteiger partial charge in [0.25, 0.3) is 0 Å². The summed E-state index contributed by atoms with van der Waals surface area (Å²) in [6, 6.07) is 10.2. The van der Waals surface area contributed by atoms with Gasteiger partial charge < -0.3 is 5.32 Å². The summed E-state index contributed by atoms with van der Waals surface area (Å²) in [6.45, 7) is 9.05. The van der Waals surface area contributed by atoms with E-state index < -0.39 is 0 Å². The van der Waals surface area contributed by atoms with Crippen LogP contribution < -0.4 is 5.32 Å². The van der Waals surface area contributed by atoms with Gasteiger partial charge in [-0.3, -0.25) is 0 Å². The molecule has 19 heavy (non-hydrogen) atoms. The van der Waals surface area contributed by atoms with Crippen molar-refractivity contribution in [2.24, 2.45) is 0 Å². The van der Waals surface area contributed by atoms with E-state index in [9.17, 15) is 0 Å². The van der Waals surface area contributed by atoms with Crippen LogP contribution in [0.4, 0.5) is 0 Å². The van der Waals surface area contributed by atoms with Crippen molar-refractivity contribution in [2.45, 2.75) is 78.3 Å². The average molecular weight is 261 g/mol.